The molecule has 4 heteroatoms. The third kappa shape index (κ3) is 2.12. The maximum Gasteiger partial charge on any atom is 0.365 e. The molecule has 0 fully saturated rings. The molecule has 0 spiro atoms. The minimum Gasteiger partial charge on any atom is -0.528 e. The number of nitrogens with zero attached hydrogens (tertiary/aromatic N) is 2. The molecule has 6 aromatic rings. The molecule has 4 aromatic carbocycles. The van der Waals surface area contributed by atoms with Gasteiger partial charge in [-0.2, -0.15) is 0 Å². The number of pyridine rings is 1. The van der Waals surface area contributed by atoms with Crippen LogP contribution in [0.2, 0.25) is 0 Å². The van der Waals surface area contributed by atoms with Crippen molar-refractivity contribution >= 4 is 51.3 Å². The van der Waals surface area contributed by atoms with Crippen LogP contribution < -0.4 is 20.1 Å². The summed E-state index contributed by atoms with van der Waals surface area (Å²) < 4.78 is 9.58. The molecule has 0 saturated heterocycles. The van der Waals surface area contributed by atoms with Gasteiger partial charge >= 0.3 is 8.32 Å². The minimum absolute atomic E-state index is 0.936. The molecular formula is C28H20N2OSi. The van der Waals surface area contributed by atoms with Gasteiger partial charge in [-0.15, -0.1) is 0 Å². The molecule has 1 aliphatic rings. The van der Waals surface area contributed by atoms with Crippen molar-refractivity contribution < 1.29 is 4.43 Å². The number of fused-ring (bicyclic) bond motifs is 3. The lowest BCUT2D eigenvalue weighted by Gasteiger charge is -2.36. The quantitative estimate of drug-likeness (QED) is 0.304. The van der Waals surface area contributed by atoms with Gasteiger partial charge < -0.3 is 4.43 Å². The molecule has 1 aliphatic heterocycles. The van der Waals surface area contributed by atoms with E-state index in [1.165, 1.54) is 37.4 Å². The molecule has 0 unspecified atom stereocenters. The number of rotatable bonds is 2. The van der Waals surface area contributed by atoms with Crippen molar-refractivity contribution in [3.05, 3.63) is 109 Å². The number of benzene rings is 4. The summed E-state index contributed by atoms with van der Waals surface area (Å²) in [7, 11) is -2.81. The molecule has 152 valence electrons. The first kappa shape index (κ1) is 17.8. The number of hydrogen-bond donors (Lipinski definition) is 0. The van der Waals surface area contributed by atoms with Crippen LogP contribution in [0.5, 0.6) is 5.75 Å². The molecule has 0 aliphatic carbocycles. The van der Waals surface area contributed by atoms with E-state index >= 15 is 0 Å². The van der Waals surface area contributed by atoms with Gasteiger partial charge in [-0.05, 0) is 34.3 Å². The van der Waals surface area contributed by atoms with Gasteiger partial charge in [0.1, 0.15) is 11.4 Å². The maximum absolute atomic E-state index is 7.19. The van der Waals surface area contributed by atoms with E-state index in [1.54, 1.807) is 0 Å². The molecule has 0 atom stereocenters. The summed E-state index contributed by atoms with van der Waals surface area (Å²) in [5.74, 6) is 0.936. The second kappa shape index (κ2) is 6.31. The predicted molar refractivity (Wildman–Crippen MR) is 133 cm³/mol. The summed E-state index contributed by atoms with van der Waals surface area (Å²) in [5.41, 5.74) is 3.38. The molecule has 3 nitrogen and oxygen atoms in total. The fourth-order valence-corrected chi connectivity index (χ4v) is 9.24. The fraction of sp³-hybridized carbons (Fsp3) is 0.0357. The van der Waals surface area contributed by atoms with Crippen molar-refractivity contribution in [1.29, 1.82) is 0 Å². The first-order chi connectivity index (χ1) is 15.8. The fourth-order valence-electron chi connectivity index (χ4n) is 5.37. The molecule has 0 saturated carbocycles. The summed E-state index contributed by atoms with van der Waals surface area (Å²) >= 11 is 0. The second-order valence-electron chi connectivity index (χ2n) is 8.47. The monoisotopic (exact) mass is 428 g/mol. The zero-order chi connectivity index (χ0) is 21.3. The van der Waals surface area contributed by atoms with Gasteiger partial charge in [-0.25, -0.2) is 4.98 Å². The lowest BCUT2D eigenvalue weighted by atomic mass is 10.0. The van der Waals surface area contributed by atoms with Crippen molar-refractivity contribution in [2.45, 2.75) is 6.92 Å². The van der Waals surface area contributed by atoms with E-state index in [0.29, 0.717) is 0 Å². The molecule has 2 aromatic heterocycles. The highest BCUT2D eigenvalue weighted by molar-refractivity contribution is 7.07. The van der Waals surface area contributed by atoms with Crippen LogP contribution in [0, 0.1) is 6.92 Å². The zero-order valence-electron chi connectivity index (χ0n) is 17.6. The normalized spacial score (nSPS) is 14.3. The Balaban J connectivity index is 1.74. The second-order valence-corrected chi connectivity index (χ2v) is 11.7. The van der Waals surface area contributed by atoms with E-state index in [4.69, 9.17) is 9.41 Å². The van der Waals surface area contributed by atoms with E-state index in [1.807, 2.05) is 0 Å². The summed E-state index contributed by atoms with van der Waals surface area (Å²) in [6, 6.07) is 34.3. The molecule has 0 amide bonds. The van der Waals surface area contributed by atoms with Crippen LogP contribution in [-0.4, -0.2) is 17.7 Å². The first-order valence-corrected chi connectivity index (χ1v) is 12.8. The summed E-state index contributed by atoms with van der Waals surface area (Å²) in [4.78, 5) is 4.99. The van der Waals surface area contributed by atoms with E-state index < -0.39 is 8.32 Å². The van der Waals surface area contributed by atoms with Crippen molar-refractivity contribution in [3.8, 4) is 5.75 Å². The highest BCUT2D eigenvalue weighted by Crippen LogP contribution is 2.39. The number of hydrogen-bond acceptors (Lipinski definition) is 2. The van der Waals surface area contributed by atoms with Gasteiger partial charge in [0.25, 0.3) is 0 Å². The first-order valence-electron chi connectivity index (χ1n) is 10.9. The molecule has 0 N–H and O–H groups in total. The van der Waals surface area contributed by atoms with E-state index in [0.717, 1.165) is 16.9 Å². The van der Waals surface area contributed by atoms with Gasteiger partial charge in [0.15, 0.2) is 0 Å². The maximum atomic E-state index is 7.19. The largest absolute Gasteiger partial charge is 0.528 e. The van der Waals surface area contributed by atoms with Crippen LogP contribution in [0.1, 0.15) is 5.56 Å². The van der Waals surface area contributed by atoms with Crippen LogP contribution in [0.25, 0.3) is 27.3 Å². The Bertz CT molecular complexity index is 1620. The van der Waals surface area contributed by atoms with Crippen LogP contribution in [-0.2, 0) is 0 Å². The Morgan fingerprint density at radius 3 is 2.03 bits per heavy atom. The average molecular weight is 429 g/mol. The Hall–Kier alpha value is -3.89. The number of imidazole rings is 1. The van der Waals surface area contributed by atoms with E-state index in [2.05, 4.69) is 115 Å². The molecule has 32 heavy (non-hydrogen) atoms. The minimum atomic E-state index is -2.81. The summed E-state index contributed by atoms with van der Waals surface area (Å²) in [6.45, 7) is 2.18. The third-order valence-electron chi connectivity index (χ3n) is 6.76. The average Bonchev–Trinajstić information content (AvgIpc) is 3.31. The highest BCUT2D eigenvalue weighted by atomic mass is 28.4. The van der Waals surface area contributed by atoms with Crippen molar-refractivity contribution in [2.75, 3.05) is 0 Å². The topological polar surface area (TPSA) is 26.5 Å². The summed E-state index contributed by atoms with van der Waals surface area (Å²) in [6.07, 6.45) is 2.05. The Morgan fingerprint density at radius 2 is 1.34 bits per heavy atom. The van der Waals surface area contributed by atoms with Crippen LogP contribution in [0.3, 0.4) is 0 Å². The SMILES string of the molecule is Cc1ccc2c3c1c1ccccc1c1ncc(n13)[Si](c1ccccc1)(c1ccccc1)O2. The highest BCUT2D eigenvalue weighted by Gasteiger charge is 2.49. The molecule has 7 rings (SSSR count). The van der Waals surface area contributed by atoms with Crippen LogP contribution >= 0.6 is 0 Å². The predicted octanol–water partition coefficient (Wildman–Crippen LogP) is 4.31. The van der Waals surface area contributed by atoms with Gasteiger partial charge in [-0.1, -0.05) is 91.0 Å². The Kier molecular flexibility index (Phi) is 3.50. The van der Waals surface area contributed by atoms with E-state index in [-0.39, 0.29) is 0 Å². The van der Waals surface area contributed by atoms with Crippen molar-refractivity contribution in [3.63, 3.8) is 0 Å². The van der Waals surface area contributed by atoms with Gasteiger partial charge in [0.2, 0.25) is 0 Å². The Morgan fingerprint density at radius 1 is 0.719 bits per heavy atom. The van der Waals surface area contributed by atoms with Gasteiger partial charge in [0.05, 0.1) is 10.8 Å². The zero-order valence-corrected chi connectivity index (χ0v) is 18.6. The molecule has 0 radical (unpaired) electrons. The smallest absolute Gasteiger partial charge is 0.365 e. The standard InChI is InChI=1S/C28H20N2OSi/c1-19-16-17-24-27-26(19)22-14-8-9-15-23(22)28-29-18-25(30(27)28)32(31-24,20-10-4-2-5-11-20)21-12-6-3-7-13-21/h2-18H,1H3. The van der Waals surface area contributed by atoms with E-state index in [9.17, 15) is 0 Å². The van der Waals surface area contributed by atoms with Gasteiger partial charge in [0, 0.05) is 17.0 Å². The molecular weight excluding hydrogens is 408 g/mol. The Labute approximate surface area is 186 Å². The molecule has 3 heterocycles. The lowest BCUT2D eigenvalue weighted by molar-refractivity contribution is 0.574. The van der Waals surface area contributed by atoms with Gasteiger partial charge in [-0.3, -0.25) is 4.40 Å². The number of aromatic nitrogens is 2. The van der Waals surface area contributed by atoms with Crippen molar-refractivity contribution in [1.82, 2.24) is 9.38 Å². The van der Waals surface area contributed by atoms with Crippen LogP contribution in [0.15, 0.2) is 103 Å². The third-order valence-corrected chi connectivity index (χ3v) is 10.6. The summed E-state index contributed by atoms with van der Waals surface area (Å²) in [5, 5.41) is 7.26. The lowest BCUT2D eigenvalue weighted by Crippen LogP contribution is -2.73. The number of aryl methyl sites for hydroxylation is 1. The van der Waals surface area contributed by atoms with Crippen LogP contribution in [0.4, 0.5) is 0 Å². The molecule has 0 bridgehead atoms. The van der Waals surface area contributed by atoms with Crippen molar-refractivity contribution in [2.24, 2.45) is 0 Å².